The number of nitrogens with zero attached hydrogens (tertiary/aromatic N) is 3. The summed E-state index contributed by atoms with van der Waals surface area (Å²) in [6, 6.07) is 7.09. The van der Waals surface area contributed by atoms with Crippen LogP contribution in [0.15, 0.2) is 36.7 Å². The summed E-state index contributed by atoms with van der Waals surface area (Å²) in [4.78, 5) is 10.6. The molecule has 1 heterocycles. The highest BCUT2D eigenvalue weighted by molar-refractivity contribution is 5.59. The van der Waals surface area contributed by atoms with Gasteiger partial charge in [-0.05, 0) is 19.1 Å². The Morgan fingerprint density at radius 3 is 2.52 bits per heavy atom. The molecule has 21 heavy (non-hydrogen) atoms. The van der Waals surface area contributed by atoms with Gasteiger partial charge >= 0.3 is 0 Å². The van der Waals surface area contributed by atoms with E-state index in [2.05, 4.69) is 29.1 Å². The number of para-hydroxylation sites is 1. The molecule has 2 aromatic rings. The van der Waals surface area contributed by atoms with Crippen LogP contribution in [0.4, 0.5) is 15.9 Å². The van der Waals surface area contributed by atoms with Crippen molar-refractivity contribution in [3.8, 4) is 0 Å². The molecule has 1 aromatic heterocycles. The Morgan fingerprint density at radius 1 is 1.19 bits per heavy atom. The largest absolute Gasteiger partial charge is 0.323 e. The van der Waals surface area contributed by atoms with E-state index in [0.29, 0.717) is 30.6 Å². The normalized spacial score (nSPS) is 10.9. The maximum Gasteiger partial charge on any atom is 0.151 e. The highest BCUT2D eigenvalue weighted by Crippen LogP contribution is 2.25. The molecule has 1 aromatic carbocycles. The van der Waals surface area contributed by atoms with Crippen molar-refractivity contribution in [2.75, 3.05) is 11.4 Å². The van der Waals surface area contributed by atoms with Gasteiger partial charge in [-0.1, -0.05) is 26.0 Å². The molecule has 0 unspecified atom stereocenters. The molecule has 4 nitrogen and oxygen atoms in total. The second-order valence-electron chi connectivity index (χ2n) is 5.10. The summed E-state index contributed by atoms with van der Waals surface area (Å²) in [5.41, 5.74) is 1.39. The van der Waals surface area contributed by atoms with E-state index < -0.39 is 0 Å². The fraction of sp³-hybridized carbons (Fsp3) is 0.375. The van der Waals surface area contributed by atoms with Crippen molar-refractivity contribution in [3.05, 3.63) is 48.2 Å². The van der Waals surface area contributed by atoms with E-state index in [1.165, 1.54) is 6.07 Å². The molecular weight excluding hydrogens is 267 g/mol. The first-order valence-electron chi connectivity index (χ1n) is 7.18. The molecule has 0 saturated carbocycles. The Kier molecular flexibility index (Phi) is 5.22. The van der Waals surface area contributed by atoms with Crippen molar-refractivity contribution in [2.45, 2.75) is 33.4 Å². The molecule has 0 aliphatic carbocycles. The van der Waals surface area contributed by atoms with Gasteiger partial charge in [0.1, 0.15) is 5.82 Å². The zero-order valence-corrected chi connectivity index (χ0v) is 12.7. The number of hydrogen-bond donors (Lipinski definition) is 1. The smallest absolute Gasteiger partial charge is 0.151 e. The SMILES string of the molecule is CCN(c1cnc(CNC(C)C)cn1)c1ccccc1F. The maximum absolute atomic E-state index is 13.9. The highest BCUT2D eigenvalue weighted by atomic mass is 19.1. The van der Waals surface area contributed by atoms with Crippen LogP contribution in [0, 0.1) is 5.82 Å². The summed E-state index contributed by atoms with van der Waals surface area (Å²) in [7, 11) is 0. The van der Waals surface area contributed by atoms with E-state index in [9.17, 15) is 4.39 Å². The number of aromatic nitrogens is 2. The summed E-state index contributed by atoms with van der Waals surface area (Å²) >= 11 is 0. The third kappa shape index (κ3) is 3.98. The molecule has 112 valence electrons. The van der Waals surface area contributed by atoms with Crippen molar-refractivity contribution in [1.29, 1.82) is 0 Å². The number of halogens is 1. The summed E-state index contributed by atoms with van der Waals surface area (Å²) in [5, 5.41) is 3.29. The number of nitrogens with one attached hydrogen (secondary N) is 1. The first-order valence-corrected chi connectivity index (χ1v) is 7.18. The average Bonchev–Trinajstić information content (AvgIpc) is 2.49. The van der Waals surface area contributed by atoms with Crippen LogP contribution in [-0.4, -0.2) is 22.6 Å². The average molecular weight is 288 g/mol. The fourth-order valence-electron chi connectivity index (χ4n) is 2.01. The van der Waals surface area contributed by atoms with Crippen LogP contribution < -0.4 is 10.2 Å². The lowest BCUT2D eigenvalue weighted by molar-refractivity contribution is 0.580. The van der Waals surface area contributed by atoms with E-state index in [1.807, 2.05) is 17.9 Å². The molecule has 2 rings (SSSR count). The topological polar surface area (TPSA) is 41.1 Å². The van der Waals surface area contributed by atoms with Crippen molar-refractivity contribution in [3.63, 3.8) is 0 Å². The van der Waals surface area contributed by atoms with E-state index in [-0.39, 0.29) is 5.82 Å². The van der Waals surface area contributed by atoms with E-state index in [0.717, 1.165) is 5.69 Å². The zero-order chi connectivity index (χ0) is 15.2. The molecule has 0 spiro atoms. The van der Waals surface area contributed by atoms with Gasteiger partial charge in [0.15, 0.2) is 5.82 Å². The molecule has 0 aliphatic rings. The predicted octanol–water partition coefficient (Wildman–Crippen LogP) is 3.27. The molecule has 1 N–H and O–H groups in total. The molecule has 0 aliphatic heterocycles. The van der Waals surface area contributed by atoms with Gasteiger partial charge in [-0.15, -0.1) is 0 Å². The Bertz CT molecular complexity index is 569. The fourth-order valence-corrected chi connectivity index (χ4v) is 2.01. The van der Waals surface area contributed by atoms with Gasteiger partial charge in [-0.2, -0.15) is 0 Å². The first kappa shape index (κ1) is 15.4. The lowest BCUT2D eigenvalue weighted by Crippen LogP contribution is -2.23. The lowest BCUT2D eigenvalue weighted by atomic mass is 10.2. The molecule has 0 saturated heterocycles. The Morgan fingerprint density at radius 2 is 1.95 bits per heavy atom. The van der Waals surface area contributed by atoms with E-state index >= 15 is 0 Å². The Balaban J connectivity index is 2.18. The second kappa shape index (κ2) is 7.13. The molecule has 0 fully saturated rings. The summed E-state index contributed by atoms with van der Waals surface area (Å²) < 4.78 is 13.9. The lowest BCUT2D eigenvalue weighted by Gasteiger charge is -2.22. The van der Waals surface area contributed by atoms with E-state index in [1.54, 1.807) is 24.5 Å². The number of anilines is 2. The highest BCUT2D eigenvalue weighted by Gasteiger charge is 2.13. The molecule has 0 bridgehead atoms. The number of rotatable bonds is 6. The van der Waals surface area contributed by atoms with Crippen LogP contribution in [-0.2, 0) is 6.54 Å². The minimum atomic E-state index is -0.258. The second-order valence-corrected chi connectivity index (χ2v) is 5.10. The molecular formula is C16H21FN4. The molecule has 0 amide bonds. The van der Waals surface area contributed by atoms with Crippen LogP contribution in [0.2, 0.25) is 0 Å². The molecule has 5 heteroatoms. The van der Waals surface area contributed by atoms with Crippen LogP contribution in [0.1, 0.15) is 26.5 Å². The van der Waals surface area contributed by atoms with Gasteiger partial charge in [-0.3, -0.25) is 4.98 Å². The van der Waals surface area contributed by atoms with Crippen LogP contribution in [0.3, 0.4) is 0 Å². The summed E-state index contributed by atoms with van der Waals surface area (Å²) in [5.74, 6) is 0.391. The van der Waals surface area contributed by atoms with Crippen molar-refractivity contribution >= 4 is 11.5 Å². The van der Waals surface area contributed by atoms with Gasteiger partial charge in [0, 0.05) is 19.1 Å². The Hall–Kier alpha value is -2.01. The minimum Gasteiger partial charge on any atom is -0.323 e. The predicted molar refractivity (Wildman–Crippen MR) is 83.1 cm³/mol. The molecule has 0 atom stereocenters. The first-order chi connectivity index (χ1) is 10.1. The zero-order valence-electron chi connectivity index (χ0n) is 12.7. The maximum atomic E-state index is 13.9. The van der Waals surface area contributed by atoms with Crippen LogP contribution in [0.25, 0.3) is 0 Å². The standard InChI is InChI=1S/C16H21FN4/c1-4-21(15-8-6-5-7-14(15)17)16-11-19-13(10-20-16)9-18-12(2)3/h5-8,10-12,18H,4,9H2,1-3H3. The number of benzene rings is 1. The van der Waals surface area contributed by atoms with Crippen LogP contribution >= 0.6 is 0 Å². The Labute approximate surface area is 125 Å². The third-order valence-corrected chi connectivity index (χ3v) is 3.12. The van der Waals surface area contributed by atoms with Gasteiger partial charge in [-0.25, -0.2) is 9.37 Å². The third-order valence-electron chi connectivity index (χ3n) is 3.12. The summed E-state index contributed by atoms with van der Waals surface area (Å²) in [6.07, 6.45) is 3.42. The van der Waals surface area contributed by atoms with Crippen molar-refractivity contribution in [2.24, 2.45) is 0 Å². The van der Waals surface area contributed by atoms with Crippen molar-refractivity contribution < 1.29 is 4.39 Å². The van der Waals surface area contributed by atoms with Gasteiger partial charge in [0.25, 0.3) is 0 Å². The van der Waals surface area contributed by atoms with Crippen LogP contribution in [0.5, 0.6) is 0 Å². The quantitative estimate of drug-likeness (QED) is 0.885. The van der Waals surface area contributed by atoms with E-state index in [4.69, 9.17) is 0 Å². The van der Waals surface area contributed by atoms with Crippen molar-refractivity contribution in [1.82, 2.24) is 15.3 Å². The van der Waals surface area contributed by atoms with Gasteiger partial charge in [0.2, 0.25) is 0 Å². The summed E-state index contributed by atoms with van der Waals surface area (Å²) in [6.45, 7) is 7.43. The minimum absolute atomic E-state index is 0.258. The monoisotopic (exact) mass is 288 g/mol. The van der Waals surface area contributed by atoms with Gasteiger partial charge in [0.05, 0.1) is 23.8 Å². The number of hydrogen-bond acceptors (Lipinski definition) is 4. The van der Waals surface area contributed by atoms with Gasteiger partial charge < -0.3 is 10.2 Å². The molecule has 0 radical (unpaired) electrons.